The van der Waals surface area contributed by atoms with Crippen molar-refractivity contribution < 1.29 is 18.0 Å². The van der Waals surface area contributed by atoms with Gasteiger partial charge in [0.05, 0.1) is 12.4 Å². The second kappa shape index (κ2) is 9.21. The molecule has 0 bridgehead atoms. The van der Waals surface area contributed by atoms with Gasteiger partial charge in [-0.3, -0.25) is 4.79 Å². The summed E-state index contributed by atoms with van der Waals surface area (Å²) in [4.78, 5) is 32.8. The number of hydrogen-bond donors (Lipinski definition) is 2. The molecule has 0 aliphatic heterocycles. The number of carbonyl (C=O) groups is 2. The standard InChI is InChI=1S/C20H27N5O4S/c1-12(2)15-8-7-9-16(13(3)4)17(15)23-20(27)24-30(28,29)14-10-21-18(22-11-14)19(26)25(5)6/h7-13H,1-6H3,(H2,23,24,27). The lowest BCUT2D eigenvalue weighted by Gasteiger charge is -2.20. The zero-order chi connectivity index (χ0) is 22.6. The van der Waals surface area contributed by atoms with Crippen LogP contribution in [0.1, 0.15) is 61.3 Å². The number of hydrogen-bond acceptors (Lipinski definition) is 6. The normalized spacial score (nSPS) is 11.5. The van der Waals surface area contributed by atoms with Crippen molar-refractivity contribution >= 4 is 27.6 Å². The maximum absolute atomic E-state index is 12.5. The van der Waals surface area contributed by atoms with E-state index in [1.165, 1.54) is 19.0 Å². The molecule has 30 heavy (non-hydrogen) atoms. The molecule has 2 N–H and O–H groups in total. The van der Waals surface area contributed by atoms with Gasteiger partial charge in [-0.15, -0.1) is 0 Å². The summed E-state index contributed by atoms with van der Waals surface area (Å²) in [6.45, 7) is 7.97. The number of rotatable bonds is 6. The fraction of sp³-hybridized carbons (Fsp3) is 0.400. The number of nitrogens with one attached hydrogen (secondary N) is 2. The quantitative estimate of drug-likeness (QED) is 0.722. The van der Waals surface area contributed by atoms with Crippen LogP contribution in [0.15, 0.2) is 35.5 Å². The fourth-order valence-electron chi connectivity index (χ4n) is 2.78. The number of urea groups is 1. The van der Waals surface area contributed by atoms with Gasteiger partial charge < -0.3 is 10.2 Å². The lowest BCUT2D eigenvalue weighted by atomic mass is 9.93. The van der Waals surface area contributed by atoms with Crippen LogP contribution in [-0.2, 0) is 10.0 Å². The van der Waals surface area contributed by atoms with Crippen molar-refractivity contribution in [1.29, 1.82) is 0 Å². The van der Waals surface area contributed by atoms with E-state index in [0.717, 1.165) is 23.5 Å². The van der Waals surface area contributed by atoms with E-state index in [2.05, 4.69) is 15.3 Å². The molecule has 2 aromatic rings. The number of anilines is 1. The van der Waals surface area contributed by atoms with Crippen LogP contribution in [0.5, 0.6) is 0 Å². The summed E-state index contributed by atoms with van der Waals surface area (Å²) < 4.78 is 27.0. The molecule has 0 saturated carbocycles. The molecule has 0 spiro atoms. The van der Waals surface area contributed by atoms with Gasteiger partial charge in [-0.25, -0.2) is 27.9 Å². The molecular formula is C20H27N5O4S. The number of amides is 3. The molecule has 0 atom stereocenters. The number of para-hydroxylation sites is 1. The average Bonchev–Trinajstić information content (AvgIpc) is 2.66. The summed E-state index contributed by atoms with van der Waals surface area (Å²) in [6, 6.07) is 4.82. The molecule has 0 aliphatic rings. The molecule has 0 unspecified atom stereocenters. The van der Waals surface area contributed by atoms with Crippen LogP contribution in [0.25, 0.3) is 0 Å². The molecule has 3 amide bonds. The summed E-state index contributed by atoms with van der Waals surface area (Å²) in [6.07, 6.45) is 1.97. The Bertz CT molecular complexity index is 1010. The smallest absolute Gasteiger partial charge is 0.333 e. The maximum atomic E-state index is 12.5. The Morgan fingerprint density at radius 1 is 0.967 bits per heavy atom. The van der Waals surface area contributed by atoms with Crippen molar-refractivity contribution in [3.05, 3.63) is 47.5 Å². The van der Waals surface area contributed by atoms with E-state index >= 15 is 0 Å². The molecule has 2 rings (SSSR count). The lowest BCUT2D eigenvalue weighted by Crippen LogP contribution is -2.35. The van der Waals surface area contributed by atoms with Crippen molar-refractivity contribution in [1.82, 2.24) is 19.6 Å². The number of carbonyl (C=O) groups excluding carboxylic acids is 2. The Morgan fingerprint density at radius 2 is 1.47 bits per heavy atom. The van der Waals surface area contributed by atoms with E-state index in [1.54, 1.807) is 0 Å². The van der Waals surface area contributed by atoms with Gasteiger partial charge in [0.25, 0.3) is 15.9 Å². The number of sulfonamides is 1. The topological polar surface area (TPSA) is 121 Å². The van der Waals surface area contributed by atoms with Gasteiger partial charge in [-0.1, -0.05) is 45.9 Å². The van der Waals surface area contributed by atoms with Crippen LogP contribution in [0.4, 0.5) is 10.5 Å². The van der Waals surface area contributed by atoms with E-state index in [-0.39, 0.29) is 22.6 Å². The summed E-state index contributed by atoms with van der Waals surface area (Å²) in [5.41, 5.74) is 2.41. The summed E-state index contributed by atoms with van der Waals surface area (Å²) >= 11 is 0. The lowest BCUT2D eigenvalue weighted by molar-refractivity contribution is 0.0815. The number of aromatic nitrogens is 2. The van der Waals surface area contributed by atoms with E-state index in [4.69, 9.17) is 0 Å². The van der Waals surface area contributed by atoms with E-state index in [9.17, 15) is 18.0 Å². The SMILES string of the molecule is CC(C)c1cccc(C(C)C)c1NC(=O)NS(=O)(=O)c1cnc(C(=O)N(C)C)nc1. The highest BCUT2D eigenvalue weighted by Gasteiger charge is 2.22. The van der Waals surface area contributed by atoms with Crippen LogP contribution >= 0.6 is 0 Å². The predicted molar refractivity (Wildman–Crippen MR) is 114 cm³/mol. The zero-order valence-corrected chi connectivity index (χ0v) is 18.7. The molecule has 1 aromatic heterocycles. The minimum Gasteiger partial charge on any atom is -0.342 e. The van der Waals surface area contributed by atoms with Crippen molar-refractivity contribution in [2.75, 3.05) is 19.4 Å². The third-order valence-electron chi connectivity index (χ3n) is 4.37. The van der Waals surface area contributed by atoms with Crippen molar-refractivity contribution in [3.8, 4) is 0 Å². The van der Waals surface area contributed by atoms with Crippen LogP contribution in [0.3, 0.4) is 0 Å². The Balaban J connectivity index is 2.25. The monoisotopic (exact) mass is 433 g/mol. The third kappa shape index (κ3) is 5.32. The minimum atomic E-state index is -4.22. The minimum absolute atomic E-state index is 0.130. The van der Waals surface area contributed by atoms with Crippen molar-refractivity contribution in [2.24, 2.45) is 0 Å². The molecule has 0 aliphatic carbocycles. The molecule has 0 radical (unpaired) electrons. The first-order valence-electron chi connectivity index (χ1n) is 9.44. The summed E-state index contributed by atoms with van der Waals surface area (Å²) in [7, 11) is -1.16. The zero-order valence-electron chi connectivity index (χ0n) is 17.9. The average molecular weight is 434 g/mol. The first-order chi connectivity index (χ1) is 13.9. The van der Waals surface area contributed by atoms with E-state index < -0.39 is 22.0 Å². The highest BCUT2D eigenvalue weighted by molar-refractivity contribution is 7.90. The Morgan fingerprint density at radius 3 is 1.90 bits per heavy atom. The van der Waals surface area contributed by atoms with E-state index in [0.29, 0.717) is 5.69 Å². The van der Waals surface area contributed by atoms with Gasteiger partial charge in [0.1, 0.15) is 4.90 Å². The Kier molecular flexibility index (Phi) is 7.14. The Hall–Kier alpha value is -3.01. The highest BCUT2D eigenvalue weighted by atomic mass is 32.2. The van der Waals surface area contributed by atoms with Crippen molar-refractivity contribution in [3.63, 3.8) is 0 Å². The van der Waals surface area contributed by atoms with Crippen LogP contribution in [-0.4, -0.2) is 49.3 Å². The van der Waals surface area contributed by atoms with Gasteiger partial charge >= 0.3 is 6.03 Å². The summed E-state index contributed by atoms with van der Waals surface area (Å²) in [5, 5.41) is 2.68. The second-order valence-electron chi connectivity index (χ2n) is 7.62. The van der Waals surface area contributed by atoms with Gasteiger partial charge in [-0.05, 0) is 23.0 Å². The maximum Gasteiger partial charge on any atom is 0.333 e. The molecule has 1 heterocycles. The van der Waals surface area contributed by atoms with E-state index in [1.807, 2.05) is 50.6 Å². The first-order valence-corrected chi connectivity index (χ1v) is 10.9. The Labute approximate surface area is 177 Å². The highest BCUT2D eigenvalue weighted by Crippen LogP contribution is 2.32. The van der Waals surface area contributed by atoms with Gasteiger partial charge in [-0.2, -0.15) is 0 Å². The molecule has 0 fully saturated rings. The van der Waals surface area contributed by atoms with Gasteiger partial charge in [0.2, 0.25) is 5.82 Å². The van der Waals surface area contributed by atoms with Crippen molar-refractivity contribution in [2.45, 2.75) is 44.4 Å². The summed E-state index contributed by atoms with van der Waals surface area (Å²) in [5.74, 6) is -0.344. The first kappa shape index (κ1) is 23.3. The molecule has 10 heteroatoms. The largest absolute Gasteiger partial charge is 0.342 e. The molecule has 1 aromatic carbocycles. The van der Waals surface area contributed by atoms with Crippen LogP contribution < -0.4 is 10.0 Å². The van der Waals surface area contributed by atoms with Gasteiger partial charge in [0.15, 0.2) is 0 Å². The van der Waals surface area contributed by atoms with Crippen LogP contribution in [0, 0.1) is 0 Å². The third-order valence-corrected chi connectivity index (χ3v) is 5.66. The predicted octanol–water partition coefficient (Wildman–Crippen LogP) is 2.94. The number of nitrogens with zero attached hydrogens (tertiary/aromatic N) is 3. The molecular weight excluding hydrogens is 406 g/mol. The fourth-order valence-corrected chi connectivity index (χ4v) is 3.58. The van der Waals surface area contributed by atoms with Gasteiger partial charge in [0, 0.05) is 19.8 Å². The molecule has 9 nitrogen and oxygen atoms in total. The second-order valence-corrected chi connectivity index (χ2v) is 9.30. The molecule has 0 saturated heterocycles. The number of benzene rings is 1. The molecule has 162 valence electrons. The van der Waals surface area contributed by atoms with Crippen LogP contribution in [0.2, 0.25) is 0 Å².